The molecule has 86 valence electrons. The van der Waals surface area contributed by atoms with Crippen molar-refractivity contribution in [3.63, 3.8) is 0 Å². The zero-order valence-corrected chi connectivity index (χ0v) is 8.91. The summed E-state index contributed by atoms with van der Waals surface area (Å²) in [4.78, 5) is 11.3. The van der Waals surface area contributed by atoms with E-state index in [2.05, 4.69) is 5.32 Å². The van der Waals surface area contributed by atoms with Gasteiger partial charge < -0.3 is 10.1 Å². The Morgan fingerprint density at radius 2 is 2.19 bits per heavy atom. The summed E-state index contributed by atoms with van der Waals surface area (Å²) in [6.07, 6.45) is 2.38. The molecule has 0 unspecified atom stereocenters. The van der Waals surface area contributed by atoms with Crippen LogP contribution >= 0.6 is 0 Å². The van der Waals surface area contributed by atoms with E-state index in [0.29, 0.717) is 12.5 Å². The Labute approximate surface area is 93.6 Å². The highest BCUT2D eigenvalue weighted by Gasteiger charge is 2.21. The number of ether oxygens (including phenoxy) is 1. The van der Waals surface area contributed by atoms with Crippen LogP contribution in [0.5, 0.6) is 5.75 Å². The maximum absolute atomic E-state index is 13.1. The van der Waals surface area contributed by atoms with Crippen LogP contribution in [-0.2, 0) is 4.79 Å². The zero-order valence-electron chi connectivity index (χ0n) is 8.91. The molecule has 0 saturated heterocycles. The van der Waals surface area contributed by atoms with Gasteiger partial charge >= 0.3 is 0 Å². The molecule has 0 aromatic heterocycles. The van der Waals surface area contributed by atoms with Gasteiger partial charge in [0.1, 0.15) is 0 Å². The third-order valence-corrected chi connectivity index (χ3v) is 2.48. The average molecular weight is 223 g/mol. The molecule has 0 aliphatic heterocycles. The van der Waals surface area contributed by atoms with Gasteiger partial charge in [-0.1, -0.05) is 12.1 Å². The van der Waals surface area contributed by atoms with Gasteiger partial charge in [0, 0.05) is 6.54 Å². The molecule has 0 heterocycles. The fourth-order valence-corrected chi connectivity index (χ4v) is 1.34. The lowest BCUT2D eigenvalue weighted by Crippen LogP contribution is -2.30. The molecule has 1 saturated carbocycles. The first-order chi connectivity index (χ1) is 7.75. The number of hydrogen-bond donors (Lipinski definition) is 1. The molecule has 1 aromatic rings. The van der Waals surface area contributed by atoms with Crippen molar-refractivity contribution < 1.29 is 13.9 Å². The molecule has 1 N–H and O–H groups in total. The highest BCUT2D eigenvalue weighted by molar-refractivity contribution is 5.77. The van der Waals surface area contributed by atoms with E-state index in [1.165, 1.54) is 25.0 Å². The fraction of sp³-hybridized carbons (Fsp3) is 0.417. The van der Waals surface area contributed by atoms with E-state index in [4.69, 9.17) is 4.74 Å². The second kappa shape index (κ2) is 4.96. The molecule has 16 heavy (non-hydrogen) atoms. The number of carbonyl (C=O) groups excluding carboxylic acids is 1. The molecule has 4 heteroatoms. The molecule has 1 fully saturated rings. The van der Waals surface area contributed by atoms with E-state index < -0.39 is 5.82 Å². The maximum atomic E-state index is 13.1. The fourth-order valence-electron chi connectivity index (χ4n) is 1.34. The summed E-state index contributed by atoms with van der Waals surface area (Å²) < 4.78 is 18.2. The van der Waals surface area contributed by atoms with E-state index in [0.717, 1.165) is 0 Å². The topological polar surface area (TPSA) is 38.3 Å². The highest BCUT2D eigenvalue weighted by atomic mass is 19.1. The van der Waals surface area contributed by atoms with Crippen LogP contribution in [0, 0.1) is 11.7 Å². The Morgan fingerprint density at radius 1 is 1.44 bits per heavy atom. The van der Waals surface area contributed by atoms with Gasteiger partial charge in [-0.25, -0.2) is 4.39 Å². The van der Waals surface area contributed by atoms with Crippen LogP contribution in [0.1, 0.15) is 12.8 Å². The summed E-state index contributed by atoms with van der Waals surface area (Å²) in [7, 11) is 0. The van der Waals surface area contributed by atoms with E-state index in [-0.39, 0.29) is 18.3 Å². The van der Waals surface area contributed by atoms with E-state index >= 15 is 0 Å². The van der Waals surface area contributed by atoms with Crippen molar-refractivity contribution in [2.45, 2.75) is 12.8 Å². The van der Waals surface area contributed by atoms with Crippen molar-refractivity contribution >= 4 is 5.91 Å². The lowest BCUT2D eigenvalue weighted by molar-refractivity contribution is -0.123. The minimum absolute atomic E-state index is 0.115. The van der Waals surface area contributed by atoms with Crippen molar-refractivity contribution in [3.05, 3.63) is 30.1 Å². The zero-order chi connectivity index (χ0) is 11.4. The van der Waals surface area contributed by atoms with Crippen LogP contribution in [0.2, 0.25) is 0 Å². The monoisotopic (exact) mass is 223 g/mol. The first-order valence-electron chi connectivity index (χ1n) is 5.40. The third kappa shape index (κ3) is 3.22. The van der Waals surface area contributed by atoms with Crippen LogP contribution in [-0.4, -0.2) is 19.1 Å². The van der Waals surface area contributed by atoms with Crippen molar-refractivity contribution in [1.82, 2.24) is 5.32 Å². The number of rotatable bonds is 5. The number of para-hydroxylation sites is 1. The molecule has 0 bridgehead atoms. The normalized spacial score (nSPS) is 14.6. The van der Waals surface area contributed by atoms with E-state index in [1.807, 2.05) is 0 Å². The Bertz CT molecular complexity index is 377. The second-order valence-electron chi connectivity index (χ2n) is 3.97. The molecule has 0 atom stereocenters. The van der Waals surface area contributed by atoms with Crippen LogP contribution in [0.3, 0.4) is 0 Å². The first kappa shape index (κ1) is 10.9. The summed E-state index contributed by atoms with van der Waals surface area (Å²) in [6.45, 7) is 0.577. The molecule has 3 nitrogen and oxygen atoms in total. The quantitative estimate of drug-likeness (QED) is 0.825. The van der Waals surface area contributed by atoms with Crippen LogP contribution in [0.4, 0.5) is 4.39 Å². The Hall–Kier alpha value is -1.58. The molecule has 1 aromatic carbocycles. The summed E-state index contributed by atoms with van der Waals surface area (Å²) in [6, 6.07) is 6.05. The van der Waals surface area contributed by atoms with Gasteiger partial charge in [-0.15, -0.1) is 0 Å². The second-order valence-corrected chi connectivity index (χ2v) is 3.97. The maximum Gasteiger partial charge on any atom is 0.257 e. The van der Waals surface area contributed by atoms with Crippen LogP contribution in [0.25, 0.3) is 0 Å². The number of nitrogens with one attached hydrogen (secondary N) is 1. The molecule has 2 rings (SSSR count). The summed E-state index contributed by atoms with van der Waals surface area (Å²) in [5, 5.41) is 2.75. The number of benzene rings is 1. The van der Waals surface area contributed by atoms with Crippen molar-refractivity contribution in [2.75, 3.05) is 13.2 Å². The lowest BCUT2D eigenvalue weighted by atomic mass is 10.3. The summed E-state index contributed by atoms with van der Waals surface area (Å²) >= 11 is 0. The summed E-state index contributed by atoms with van der Waals surface area (Å²) in [5.74, 6) is 0.106. The van der Waals surface area contributed by atoms with Gasteiger partial charge in [-0.3, -0.25) is 4.79 Å². The van der Waals surface area contributed by atoms with Gasteiger partial charge in [0.25, 0.3) is 5.91 Å². The number of hydrogen-bond acceptors (Lipinski definition) is 2. The smallest absolute Gasteiger partial charge is 0.257 e. The standard InChI is InChI=1S/C12H14FNO2/c13-10-3-1-2-4-11(10)16-8-12(15)14-7-9-5-6-9/h1-4,9H,5-8H2,(H,14,15). The van der Waals surface area contributed by atoms with Gasteiger partial charge in [0.2, 0.25) is 0 Å². The van der Waals surface area contributed by atoms with Crippen LogP contribution in [0.15, 0.2) is 24.3 Å². The van der Waals surface area contributed by atoms with Crippen molar-refractivity contribution in [3.8, 4) is 5.75 Å². The molecular weight excluding hydrogens is 209 g/mol. The molecule has 1 aliphatic rings. The Balaban J connectivity index is 1.73. The SMILES string of the molecule is O=C(COc1ccccc1F)NCC1CC1. The highest BCUT2D eigenvalue weighted by Crippen LogP contribution is 2.27. The van der Waals surface area contributed by atoms with E-state index in [9.17, 15) is 9.18 Å². The summed E-state index contributed by atoms with van der Waals surface area (Å²) in [5.41, 5.74) is 0. The number of carbonyl (C=O) groups is 1. The van der Waals surface area contributed by atoms with Gasteiger partial charge in [-0.2, -0.15) is 0 Å². The predicted octanol–water partition coefficient (Wildman–Crippen LogP) is 1.73. The minimum Gasteiger partial charge on any atom is -0.481 e. The van der Waals surface area contributed by atoms with Crippen molar-refractivity contribution in [2.24, 2.45) is 5.92 Å². The van der Waals surface area contributed by atoms with Gasteiger partial charge in [0.05, 0.1) is 0 Å². The van der Waals surface area contributed by atoms with Gasteiger partial charge in [-0.05, 0) is 30.9 Å². The largest absolute Gasteiger partial charge is 0.481 e. The third-order valence-electron chi connectivity index (χ3n) is 2.48. The minimum atomic E-state index is -0.447. The molecule has 1 aliphatic carbocycles. The molecule has 0 radical (unpaired) electrons. The lowest BCUT2D eigenvalue weighted by Gasteiger charge is -2.07. The van der Waals surface area contributed by atoms with Crippen molar-refractivity contribution in [1.29, 1.82) is 0 Å². The number of halogens is 1. The first-order valence-corrected chi connectivity index (χ1v) is 5.40. The predicted molar refractivity (Wildman–Crippen MR) is 57.6 cm³/mol. The molecular formula is C12H14FNO2. The molecule has 1 amide bonds. The molecule has 0 spiro atoms. The van der Waals surface area contributed by atoms with Crippen LogP contribution < -0.4 is 10.1 Å². The Morgan fingerprint density at radius 3 is 2.88 bits per heavy atom. The Kier molecular flexibility index (Phi) is 3.39. The van der Waals surface area contributed by atoms with Gasteiger partial charge in [0.15, 0.2) is 18.2 Å². The number of amides is 1. The van der Waals surface area contributed by atoms with E-state index in [1.54, 1.807) is 12.1 Å². The average Bonchev–Trinajstić information content (AvgIpc) is 3.09.